The molecule has 3 heteroatoms. The number of aromatic nitrogens is 1. The summed E-state index contributed by atoms with van der Waals surface area (Å²) >= 11 is 0. The van der Waals surface area contributed by atoms with Crippen molar-refractivity contribution in [1.29, 1.82) is 0 Å². The molecule has 2 heterocycles. The summed E-state index contributed by atoms with van der Waals surface area (Å²) in [5.74, 6) is 2.14. The molecule has 1 aromatic heterocycles. The van der Waals surface area contributed by atoms with Gasteiger partial charge in [0.05, 0.1) is 0 Å². The molecular formula is C11H17N3. The third-order valence-electron chi connectivity index (χ3n) is 3.12. The number of hydrogen-bond donors (Lipinski definition) is 1. The van der Waals surface area contributed by atoms with Gasteiger partial charge >= 0.3 is 0 Å². The van der Waals surface area contributed by atoms with E-state index in [4.69, 9.17) is 5.73 Å². The molecule has 2 N–H and O–H groups in total. The largest absolute Gasteiger partial charge is 0.384 e. The summed E-state index contributed by atoms with van der Waals surface area (Å²) in [4.78, 5) is 6.38. The number of nitrogen functional groups attached to an aromatic ring is 1. The SMILES string of the molecule is CC1CN(c2ccnc(N)c2)CC1C. The minimum atomic E-state index is 0.606. The number of nitrogens with zero attached hydrogens (tertiary/aromatic N) is 2. The second-order valence-electron chi connectivity index (χ2n) is 4.30. The highest BCUT2D eigenvalue weighted by Gasteiger charge is 2.25. The van der Waals surface area contributed by atoms with Crippen LogP contribution in [-0.4, -0.2) is 18.1 Å². The second kappa shape index (κ2) is 3.48. The van der Waals surface area contributed by atoms with Crippen LogP contribution in [0.25, 0.3) is 0 Å². The molecule has 3 nitrogen and oxygen atoms in total. The Morgan fingerprint density at radius 2 is 2.00 bits per heavy atom. The quantitative estimate of drug-likeness (QED) is 0.735. The molecule has 2 rings (SSSR count). The highest BCUT2D eigenvalue weighted by atomic mass is 15.2. The van der Waals surface area contributed by atoms with Crippen molar-refractivity contribution in [2.75, 3.05) is 23.7 Å². The Balaban J connectivity index is 2.17. The van der Waals surface area contributed by atoms with Crippen molar-refractivity contribution < 1.29 is 0 Å². The first-order chi connectivity index (χ1) is 6.66. The average molecular weight is 191 g/mol. The Morgan fingerprint density at radius 1 is 1.36 bits per heavy atom. The first kappa shape index (κ1) is 9.31. The lowest BCUT2D eigenvalue weighted by Gasteiger charge is -2.18. The van der Waals surface area contributed by atoms with Crippen LogP contribution >= 0.6 is 0 Å². The highest BCUT2D eigenvalue weighted by Crippen LogP contribution is 2.27. The molecule has 0 aromatic carbocycles. The fraction of sp³-hybridized carbons (Fsp3) is 0.545. The normalized spacial score (nSPS) is 26.9. The molecule has 1 fully saturated rings. The Kier molecular flexibility index (Phi) is 2.32. The maximum absolute atomic E-state index is 5.66. The van der Waals surface area contributed by atoms with E-state index in [0.29, 0.717) is 5.82 Å². The van der Waals surface area contributed by atoms with Gasteiger partial charge in [0.2, 0.25) is 0 Å². The predicted molar refractivity (Wildman–Crippen MR) is 59.2 cm³/mol. The zero-order valence-electron chi connectivity index (χ0n) is 8.77. The van der Waals surface area contributed by atoms with Crippen molar-refractivity contribution in [3.05, 3.63) is 18.3 Å². The monoisotopic (exact) mass is 191 g/mol. The number of pyridine rings is 1. The Morgan fingerprint density at radius 3 is 2.57 bits per heavy atom. The Hall–Kier alpha value is -1.25. The minimum Gasteiger partial charge on any atom is -0.384 e. The summed E-state index contributed by atoms with van der Waals surface area (Å²) in [7, 11) is 0. The maximum atomic E-state index is 5.66. The Bertz CT molecular complexity index is 314. The number of hydrogen-bond acceptors (Lipinski definition) is 3. The van der Waals surface area contributed by atoms with E-state index in [0.717, 1.165) is 24.9 Å². The highest BCUT2D eigenvalue weighted by molar-refractivity contribution is 5.52. The van der Waals surface area contributed by atoms with E-state index in [1.807, 2.05) is 12.1 Å². The van der Waals surface area contributed by atoms with Gasteiger partial charge < -0.3 is 10.6 Å². The molecule has 1 saturated heterocycles. The van der Waals surface area contributed by atoms with E-state index in [1.165, 1.54) is 5.69 Å². The summed E-state index contributed by atoms with van der Waals surface area (Å²) < 4.78 is 0. The maximum Gasteiger partial charge on any atom is 0.125 e. The zero-order valence-corrected chi connectivity index (χ0v) is 8.77. The van der Waals surface area contributed by atoms with Crippen LogP contribution in [0.3, 0.4) is 0 Å². The molecule has 0 aliphatic carbocycles. The van der Waals surface area contributed by atoms with Crippen LogP contribution in [0.2, 0.25) is 0 Å². The van der Waals surface area contributed by atoms with Crippen molar-refractivity contribution in [1.82, 2.24) is 4.98 Å². The van der Waals surface area contributed by atoms with Gasteiger partial charge in [-0.15, -0.1) is 0 Å². The molecule has 0 bridgehead atoms. The van der Waals surface area contributed by atoms with Crippen LogP contribution in [0.4, 0.5) is 11.5 Å². The van der Waals surface area contributed by atoms with Gasteiger partial charge in [0.25, 0.3) is 0 Å². The van der Waals surface area contributed by atoms with Crippen molar-refractivity contribution in [2.24, 2.45) is 11.8 Å². The molecule has 2 atom stereocenters. The molecule has 76 valence electrons. The standard InChI is InChI=1S/C11H17N3/c1-8-6-14(7-9(8)2)10-3-4-13-11(12)5-10/h3-5,8-9H,6-7H2,1-2H3,(H2,12,13). The van der Waals surface area contributed by atoms with E-state index in [9.17, 15) is 0 Å². The van der Waals surface area contributed by atoms with E-state index in [2.05, 4.69) is 23.7 Å². The van der Waals surface area contributed by atoms with Gasteiger partial charge in [-0.05, 0) is 17.9 Å². The molecule has 2 unspecified atom stereocenters. The van der Waals surface area contributed by atoms with Crippen molar-refractivity contribution in [3.63, 3.8) is 0 Å². The molecule has 0 amide bonds. The fourth-order valence-electron chi connectivity index (χ4n) is 1.97. The van der Waals surface area contributed by atoms with Crippen molar-refractivity contribution in [3.8, 4) is 0 Å². The van der Waals surface area contributed by atoms with Crippen LogP contribution in [-0.2, 0) is 0 Å². The topological polar surface area (TPSA) is 42.2 Å². The van der Waals surface area contributed by atoms with Gasteiger partial charge in [0.15, 0.2) is 0 Å². The number of nitrogens with two attached hydrogens (primary N) is 1. The molecule has 0 spiro atoms. The molecule has 0 radical (unpaired) electrons. The van der Waals surface area contributed by atoms with Crippen molar-refractivity contribution in [2.45, 2.75) is 13.8 Å². The lowest BCUT2D eigenvalue weighted by Crippen LogP contribution is -2.19. The number of rotatable bonds is 1. The van der Waals surface area contributed by atoms with E-state index >= 15 is 0 Å². The molecule has 1 aliphatic rings. The van der Waals surface area contributed by atoms with Gasteiger partial charge in [-0.3, -0.25) is 0 Å². The van der Waals surface area contributed by atoms with Gasteiger partial charge in [-0.2, -0.15) is 0 Å². The van der Waals surface area contributed by atoms with Crippen molar-refractivity contribution >= 4 is 11.5 Å². The fourth-order valence-corrected chi connectivity index (χ4v) is 1.97. The van der Waals surface area contributed by atoms with Crippen LogP contribution in [0, 0.1) is 11.8 Å². The third-order valence-corrected chi connectivity index (χ3v) is 3.12. The summed E-state index contributed by atoms with van der Waals surface area (Å²) in [6.45, 7) is 6.86. The smallest absolute Gasteiger partial charge is 0.125 e. The summed E-state index contributed by atoms with van der Waals surface area (Å²) in [5.41, 5.74) is 6.86. The van der Waals surface area contributed by atoms with Crippen LogP contribution in [0.1, 0.15) is 13.8 Å². The summed E-state index contributed by atoms with van der Waals surface area (Å²) in [6, 6.07) is 3.98. The predicted octanol–water partition coefficient (Wildman–Crippen LogP) is 1.76. The lowest BCUT2D eigenvalue weighted by atomic mass is 10.0. The van der Waals surface area contributed by atoms with Crippen LogP contribution in [0.15, 0.2) is 18.3 Å². The zero-order chi connectivity index (χ0) is 10.1. The minimum absolute atomic E-state index is 0.606. The van der Waals surface area contributed by atoms with Gasteiger partial charge in [0.1, 0.15) is 5.82 Å². The summed E-state index contributed by atoms with van der Waals surface area (Å²) in [6.07, 6.45) is 1.78. The number of anilines is 2. The van der Waals surface area contributed by atoms with E-state index < -0.39 is 0 Å². The second-order valence-corrected chi connectivity index (χ2v) is 4.30. The molecule has 0 saturated carbocycles. The van der Waals surface area contributed by atoms with Crippen LogP contribution < -0.4 is 10.6 Å². The Labute approximate surface area is 84.9 Å². The molecule has 1 aliphatic heterocycles. The van der Waals surface area contributed by atoms with E-state index in [1.54, 1.807) is 6.20 Å². The first-order valence-electron chi connectivity index (χ1n) is 5.13. The summed E-state index contributed by atoms with van der Waals surface area (Å²) in [5, 5.41) is 0. The first-order valence-corrected chi connectivity index (χ1v) is 5.13. The lowest BCUT2D eigenvalue weighted by molar-refractivity contribution is 0.494. The molecular weight excluding hydrogens is 174 g/mol. The van der Waals surface area contributed by atoms with Gasteiger partial charge in [-0.1, -0.05) is 13.8 Å². The van der Waals surface area contributed by atoms with E-state index in [-0.39, 0.29) is 0 Å². The van der Waals surface area contributed by atoms with Crippen LogP contribution in [0.5, 0.6) is 0 Å². The third kappa shape index (κ3) is 1.67. The molecule has 1 aromatic rings. The van der Waals surface area contributed by atoms with Gasteiger partial charge in [-0.25, -0.2) is 4.98 Å². The average Bonchev–Trinajstić information content (AvgIpc) is 2.47. The van der Waals surface area contributed by atoms with Gasteiger partial charge in [0, 0.05) is 31.0 Å². The molecule has 14 heavy (non-hydrogen) atoms.